The zero-order chi connectivity index (χ0) is 18.3. The van der Waals surface area contributed by atoms with Crippen molar-refractivity contribution in [3.63, 3.8) is 0 Å². The molecule has 4 aromatic rings. The van der Waals surface area contributed by atoms with Crippen molar-refractivity contribution in [1.82, 2.24) is 9.97 Å². The van der Waals surface area contributed by atoms with Gasteiger partial charge in [0.1, 0.15) is 7.05 Å². The van der Waals surface area contributed by atoms with E-state index in [0.29, 0.717) is 0 Å². The standard InChI is InChI=1S/C23H22N3/c1-15-11-16(2)17(3)21(12-15)23-20-6-5-19(22-14-24-8-9-25-22)13-18(20)7-10-26(23)4/h5-14H,1-4H3/q+1. The van der Waals surface area contributed by atoms with Crippen LogP contribution in [0.4, 0.5) is 0 Å². The number of nitrogens with zero attached hydrogens (tertiary/aromatic N) is 3. The van der Waals surface area contributed by atoms with Gasteiger partial charge in [-0.1, -0.05) is 17.7 Å². The summed E-state index contributed by atoms with van der Waals surface area (Å²) in [6.45, 7) is 6.55. The van der Waals surface area contributed by atoms with Crippen molar-refractivity contribution >= 4 is 10.8 Å². The molecule has 0 unspecified atom stereocenters. The highest BCUT2D eigenvalue weighted by molar-refractivity contribution is 5.96. The molecule has 0 N–H and O–H groups in total. The highest BCUT2D eigenvalue weighted by atomic mass is 14.9. The van der Waals surface area contributed by atoms with Gasteiger partial charge in [-0.3, -0.25) is 9.97 Å². The van der Waals surface area contributed by atoms with Gasteiger partial charge in [-0.25, -0.2) is 4.57 Å². The van der Waals surface area contributed by atoms with Crippen LogP contribution in [0.3, 0.4) is 0 Å². The maximum atomic E-state index is 4.42. The molecule has 0 atom stereocenters. The van der Waals surface area contributed by atoms with Crippen molar-refractivity contribution < 1.29 is 4.57 Å². The van der Waals surface area contributed by atoms with Crippen LogP contribution in [0.1, 0.15) is 16.7 Å². The predicted octanol–water partition coefficient (Wildman–Crippen LogP) is 4.71. The molecule has 0 aliphatic heterocycles. The second-order valence-electron chi connectivity index (χ2n) is 6.92. The third kappa shape index (κ3) is 2.76. The quantitative estimate of drug-likeness (QED) is 0.495. The molecule has 26 heavy (non-hydrogen) atoms. The van der Waals surface area contributed by atoms with E-state index >= 15 is 0 Å². The fraction of sp³-hybridized carbons (Fsp3) is 0.174. The number of aromatic nitrogens is 3. The molecule has 0 spiro atoms. The molecule has 0 saturated carbocycles. The van der Waals surface area contributed by atoms with Gasteiger partial charge in [0.25, 0.3) is 0 Å². The van der Waals surface area contributed by atoms with Crippen LogP contribution in [-0.2, 0) is 7.05 Å². The van der Waals surface area contributed by atoms with E-state index in [4.69, 9.17) is 0 Å². The fourth-order valence-corrected chi connectivity index (χ4v) is 3.60. The number of pyridine rings is 1. The second-order valence-corrected chi connectivity index (χ2v) is 6.92. The minimum Gasteiger partial charge on any atom is -0.261 e. The summed E-state index contributed by atoms with van der Waals surface area (Å²) in [7, 11) is 2.11. The van der Waals surface area contributed by atoms with Gasteiger partial charge in [-0.05, 0) is 55.5 Å². The molecule has 2 aromatic heterocycles. The molecule has 0 fully saturated rings. The molecule has 4 rings (SSSR count). The van der Waals surface area contributed by atoms with Gasteiger partial charge in [-0.2, -0.15) is 0 Å². The molecule has 0 radical (unpaired) electrons. The number of rotatable bonds is 2. The predicted molar refractivity (Wildman–Crippen MR) is 106 cm³/mol. The van der Waals surface area contributed by atoms with Crippen LogP contribution in [0.2, 0.25) is 0 Å². The summed E-state index contributed by atoms with van der Waals surface area (Å²) in [5.41, 5.74) is 8.47. The molecule has 2 aromatic carbocycles. The molecule has 2 heterocycles. The first kappa shape index (κ1) is 16.4. The van der Waals surface area contributed by atoms with Gasteiger partial charge in [-0.15, -0.1) is 0 Å². The maximum Gasteiger partial charge on any atom is 0.220 e. The van der Waals surface area contributed by atoms with Gasteiger partial charge >= 0.3 is 0 Å². The highest BCUT2D eigenvalue weighted by Gasteiger charge is 2.18. The molecular formula is C23H22N3+. The molecule has 0 amide bonds. The van der Waals surface area contributed by atoms with Gasteiger partial charge in [0.2, 0.25) is 5.69 Å². The minimum atomic E-state index is 0.895. The van der Waals surface area contributed by atoms with E-state index in [9.17, 15) is 0 Å². The molecule has 0 aliphatic rings. The van der Waals surface area contributed by atoms with Crippen LogP contribution in [0, 0.1) is 20.8 Å². The Bertz CT molecular complexity index is 1120. The average Bonchev–Trinajstić information content (AvgIpc) is 2.65. The molecule has 128 valence electrons. The third-order valence-corrected chi connectivity index (χ3v) is 5.06. The van der Waals surface area contributed by atoms with Crippen molar-refractivity contribution in [2.45, 2.75) is 20.8 Å². The lowest BCUT2D eigenvalue weighted by molar-refractivity contribution is -0.659. The Morgan fingerprint density at radius 2 is 1.77 bits per heavy atom. The van der Waals surface area contributed by atoms with Gasteiger partial charge < -0.3 is 0 Å². The summed E-state index contributed by atoms with van der Waals surface area (Å²) in [6, 6.07) is 13.2. The summed E-state index contributed by atoms with van der Waals surface area (Å²) >= 11 is 0. The van der Waals surface area contributed by atoms with Crippen LogP contribution >= 0.6 is 0 Å². The lowest BCUT2D eigenvalue weighted by atomic mass is 9.94. The van der Waals surface area contributed by atoms with Gasteiger partial charge in [0, 0.05) is 24.0 Å². The summed E-state index contributed by atoms with van der Waals surface area (Å²) in [6.07, 6.45) is 7.37. The number of hydrogen-bond donors (Lipinski definition) is 0. The Morgan fingerprint density at radius 1 is 0.923 bits per heavy atom. The van der Waals surface area contributed by atoms with Crippen LogP contribution in [0.5, 0.6) is 0 Å². The van der Waals surface area contributed by atoms with E-state index in [0.717, 1.165) is 11.3 Å². The third-order valence-electron chi connectivity index (χ3n) is 5.06. The molecule has 0 bridgehead atoms. The first-order valence-electron chi connectivity index (χ1n) is 8.81. The molecule has 0 saturated heterocycles. The SMILES string of the molecule is Cc1cc(C)c(C)c(-c2c3ccc(-c4cnccn4)cc3cc[n+]2C)c1. The summed E-state index contributed by atoms with van der Waals surface area (Å²) in [5, 5.41) is 2.45. The minimum absolute atomic E-state index is 0.895. The Hall–Kier alpha value is -3.07. The summed E-state index contributed by atoms with van der Waals surface area (Å²) < 4.78 is 2.21. The van der Waals surface area contributed by atoms with E-state index in [2.05, 4.69) is 84.9 Å². The topological polar surface area (TPSA) is 29.7 Å². The van der Waals surface area contributed by atoms with Crippen molar-refractivity contribution in [1.29, 1.82) is 0 Å². The largest absolute Gasteiger partial charge is 0.261 e. The van der Waals surface area contributed by atoms with E-state index in [1.54, 1.807) is 18.6 Å². The van der Waals surface area contributed by atoms with Crippen molar-refractivity contribution in [2.75, 3.05) is 0 Å². The van der Waals surface area contributed by atoms with Crippen LogP contribution in [-0.4, -0.2) is 9.97 Å². The fourth-order valence-electron chi connectivity index (χ4n) is 3.60. The number of aryl methyl sites for hydroxylation is 3. The van der Waals surface area contributed by atoms with Crippen LogP contribution in [0.15, 0.2) is 61.2 Å². The number of fused-ring (bicyclic) bond motifs is 1. The molecule has 3 heteroatoms. The van der Waals surface area contributed by atoms with E-state index in [1.165, 1.54) is 38.7 Å². The Labute approximate surface area is 154 Å². The van der Waals surface area contributed by atoms with Crippen molar-refractivity contribution in [3.8, 4) is 22.5 Å². The Morgan fingerprint density at radius 3 is 2.54 bits per heavy atom. The molecular weight excluding hydrogens is 318 g/mol. The number of hydrogen-bond acceptors (Lipinski definition) is 2. The Balaban J connectivity index is 1.98. The Kier molecular flexibility index (Phi) is 4.00. The zero-order valence-electron chi connectivity index (χ0n) is 15.6. The molecule has 3 nitrogen and oxygen atoms in total. The maximum absolute atomic E-state index is 4.42. The van der Waals surface area contributed by atoms with Crippen LogP contribution in [0.25, 0.3) is 33.3 Å². The highest BCUT2D eigenvalue weighted by Crippen LogP contribution is 2.32. The first-order valence-corrected chi connectivity index (χ1v) is 8.81. The normalized spacial score (nSPS) is 11.1. The van der Waals surface area contributed by atoms with E-state index in [1.807, 2.05) is 0 Å². The average molecular weight is 340 g/mol. The van der Waals surface area contributed by atoms with Crippen molar-refractivity contribution in [2.24, 2.45) is 7.05 Å². The van der Waals surface area contributed by atoms with Gasteiger partial charge in [0.05, 0.1) is 22.8 Å². The van der Waals surface area contributed by atoms with Crippen LogP contribution < -0.4 is 4.57 Å². The monoisotopic (exact) mass is 340 g/mol. The lowest BCUT2D eigenvalue weighted by Gasteiger charge is -2.12. The first-order chi connectivity index (χ1) is 12.5. The smallest absolute Gasteiger partial charge is 0.220 e. The number of benzene rings is 2. The zero-order valence-corrected chi connectivity index (χ0v) is 15.6. The summed E-state index contributed by atoms with van der Waals surface area (Å²) in [5.74, 6) is 0. The van der Waals surface area contributed by atoms with E-state index < -0.39 is 0 Å². The summed E-state index contributed by atoms with van der Waals surface area (Å²) in [4.78, 5) is 8.61. The van der Waals surface area contributed by atoms with Crippen molar-refractivity contribution in [3.05, 3.63) is 77.9 Å². The lowest BCUT2D eigenvalue weighted by Crippen LogP contribution is -2.30. The van der Waals surface area contributed by atoms with Gasteiger partial charge in [0.15, 0.2) is 6.20 Å². The molecule has 0 aliphatic carbocycles. The second kappa shape index (κ2) is 6.34. The van der Waals surface area contributed by atoms with E-state index in [-0.39, 0.29) is 0 Å².